The van der Waals surface area contributed by atoms with E-state index in [2.05, 4.69) is 20.8 Å². The fourth-order valence-electron chi connectivity index (χ4n) is 0.840. The molecule has 0 aromatic heterocycles. The van der Waals surface area contributed by atoms with Gasteiger partial charge in [-0.3, -0.25) is 4.79 Å². The number of hydrogen-bond donors (Lipinski definition) is 0. The highest BCUT2D eigenvalue weighted by Gasteiger charge is 2.06. The molecule has 0 spiro atoms. The maximum Gasteiger partial charge on any atom is 0.222 e. The monoisotopic (exact) mass is 142 g/mol. The van der Waals surface area contributed by atoms with Gasteiger partial charge in [0.15, 0.2) is 0 Å². The summed E-state index contributed by atoms with van der Waals surface area (Å²) in [5, 5.41) is 0. The SMILES string of the molecule is [CH2]CC(=O)N(C)CC(C)C. The zero-order valence-corrected chi connectivity index (χ0v) is 7.05. The third-order valence-electron chi connectivity index (χ3n) is 1.28. The van der Waals surface area contributed by atoms with Crippen LogP contribution in [0.25, 0.3) is 0 Å². The fourth-order valence-corrected chi connectivity index (χ4v) is 0.840. The summed E-state index contributed by atoms with van der Waals surface area (Å²) in [5.41, 5.74) is 0. The molecular weight excluding hydrogens is 126 g/mol. The van der Waals surface area contributed by atoms with Crippen LogP contribution in [-0.4, -0.2) is 24.4 Å². The lowest BCUT2D eigenvalue weighted by molar-refractivity contribution is -0.129. The van der Waals surface area contributed by atoms with Gasteiger partial charge in [0.05, 0.1) is 0 Å². The van der Waals surface area contributed by atoms with Crippen molar-refractivity contribution in [3.8, 4) is 0 Å². The maximum absolute atomic E-state index is 10.9. The zero-order chi connectivity index (χ0) is 8.15. The van der Waals surface area contributed by atoms with Crippen LogP contribution in [0.4, 0.5) is 0 Å². The quantitative estimate of drug-likeness (QED) is 0.582. The molecule has 0 N–H and O–H groups in total. The second kappa shape index (κ2) is 4.31. The Morgan fingerprint density at radius 1 is 1.60 bits per heavy atom. The molecule has 59 valence electrons. The molecule has 0 aromatic rings. The van der Waals surface area contributed by atoms with Crippen molar-refractivity contribution in [1.29, 1.82) is 0 Å². The predicted octanol–water partition coefficient (Wildman–Crippen LogP) is 1.32. The largest absolute Gasteiger partial charge is 0.346 e. The third kappa shape index (κ3) is 3.49. The maximum atomic E-state index is 10.9. The van der Waals surface area contributed by atoms with Crippen molar-refractivity contribution in [2.45, 2.75) is 20.3 Å². The lowest BCUT2D eigenvalue weighted by Gasteiger charge is -2.18. The van der Waals surface area contributed by atoms with Gasteiger partial charge in [-0.2, -0.15) is 0 Å². The van der Waals surface area contributed by atoms with Crippen LogP contribution in [-0.2, 0) is 4.79 Å². The molecule has 10 heavy (non-hydrogen) atoms. The van der Waals surface area contributed by atoms with Crippen molar-refractivity contribution >= 4 is 5.91 Å². The Kier molecular flexibility index (Phi) is 4.08. The summed E-state index contributed by atoms with van der Waals surface area (Å²) in [4.78, 5) is 12.6. The molecule has 0 saturated heterocycles. The summed E-state index contributed by atoms with van der Waals surface area (Å²) in [7, 11) is 1.81. The average Bonchev–Trinajstić information content (AvgIpc) is 1.85. The molecule has 0 unspecified atom stereocenters. The Morgan fingerprint density at radius 2 is 2.10 bits per heavy atom. The van der Waals surface area contributed by atoms with Crippen LogP contribution in [0.5, 0.6) is 0 Å². The molecule has 0 bridgehead atoms. The summed E-state index contributed by atoms with van der Waals surface area (Å²) in [6, 6.07) is 0. The van der Waals surface area contributed by atoms with Crippen LogP contribution in [0.1, 0.15) is 20.3 Å². The second-order valence-corrected chi connectivity index (χ2v) is 2.92. The van der Waals surface area contributed by atoms with Crippen LogP contribution < -0.4 is 0 Å². The van der Waals surface area contributed by atoms with Gasteiger partial charge in [0, 0.05) is 20.0 Å². The lowest BCUT2D eigenvalue weighted by atomic mass is 10.2. The van der Waals surface area contributed by atoms with Crippen molar-refractivity contribution in [2.75, 3.05) is 13.6 Å². The smallest absolute Gasteiger partial charge is 0.222 e. The lowest BCUT2D eigenvalue weighted by Crippen LogP contribution is -2.29. The Bertz CT molecular complexity index is 110. The summed E-state index contributed by atoms with van der Waals surface area (Å²) in [6.07, 6.45) is 0.364. The molecule has 0 aliphatic heterocycles. The van der Waals surface area contributed by atoms with Crippen LogP contribution in [0.3, 0.4) is 0 Å². The van der Waals surface area contributed by atoms with Gasteiger partial charge < -0.3 is 4.90 Å². The van der Waals surface area contributed by atoms with Gasteiger partial charge in [-0.25, -0.2) is 0 Å². The van der Waals surface area contributed by atoms with E-state index >= 15 is 0 Å². The first-order valence-corrected chi connectivity index (χ1v) is 3.61. The average molecular weight is 142 g/mol. The summed E-state index contributed by atoms with van der Waals surface area (Å²) < 4.78 is 0. The fraction of sp³-hybridized carbons (Fsp3) is 0.750. The standard InChI is InChI=1S/C8H16NO/c1-5-8(10)9(4)6-7(2)3/h7H,1,5-6H2,2-4H3. The minimum absolute atomic E-state index is 0.119. The number of amides is 1. The molecule has 0 saturated carbocycles. The Morgan fingerprint density at radius 3 is 2.40 bits per heavy atom. The molecule has 0 aliphatic carbocycles. The van der Waals surface area contributed by atoms with Gasteiger partial charge in [-0.1, -0.05) is 13.8 Å². The van der Waals surface area contributed by atoms with Gasteiger partial charge >= 0.3 is 0 Å². The van der Waals surface area contributed by atoms with Gasteiger partial charge in [0.2, 0.25) is 5.91 Å². The predicted molar refractivity (Wildman–Crippen MR) is 42.4 cm³/mol. The molecule has 1 radical (unpaired) electrons. The molecule has 0 fully saturated rings. The highest BCUT2D eigenvalue weighted by molar-refractivity contribution is 5.76. The van der Waals surface area contributed by atoms with Crippen LogP contribution >= 0.6 is 0 Å². The third-order valence-corrected chi connectivity index (χ3v) is 1.28. The van der Waals surface area contributed by atoms with Gasteiger partial charge in [0.1, 0.15) is 0 Å². The van der Waals surface area contributed by atoms with E-state index in [9.17, 15) is 4.79 Å². The Labute approximate surface area is 63.2 Å². The number of rotatable bonds is 3. The van der Waals surface area contributed by atoms with E-state index in [4.69, 9.17) is 0 Å². The molecular formula is C8H16NO. The van der Waals surface area contributed by atoms with E-state index in [1.807, 2.05) is 7.05 Å². The van der Waals surface area contributed by atoms with E-state index in [-0.39, 0.29) is 5.91 Å². The highest BCUT2D eigenvalue weighted by atomic mass is 16.2. The first-order valence-electron chi connectivity index (χ1n) is 3.61. The van der Waals surface area contributed by atoms with E-state index < -0.39 is 0 Å². The number of nitrogens with zero attached hydrogens (tertiary/aromatic N) is 1. The normalized spacial score (nSPS) is 10.1. The van der Waals surface area contributed by atoms with E-state index in [1.165, 1.54) is 0 Å². The molecule has 2 nitrogen and oxygen atoms in total. The Hall–Kier alpha value is -0.530. The van der Waals surface area contributed by atoms with Crippen molar-refractivity contribution in [2.24, 2.45) is 5.92 Å². The topological polar surface area (TPSA) is 20.3 Å². The minimum atomic E-state index is 0.119. The van der Waals surface area contributed by atoms with Crippen LogP contribution in [0, 0.1) is 12.8 Å². The molecule has 0 aromatic carbocycles. The van der Waals surface area contributed by atoms with Crippen molar-refractivity contribution < 1.29 is 4.79 Å². The van der Waals surface area contributed by atoms with Gasteiger partial charge in [0.25, 0.3) is 0 Å². The number of hydrogen-bond acceptors (Lipinski definition) is 1. The van der Waals surface area contributed by atoms with E-state index in [0.717, 1.165) is 6.54 Å². The van der Waals surface area contributed by atoms with Crippen molar-refractivity contribution in [1.82, 2.24) is 4.90 Å². The Balaban J connectivity index is 3.61. The molecule has 2 heteroatoms. The summed E-state index contributed by atoms with van der Waals surface area (Å²) >= 11 is 0. The van der Waals surface area contributed by atoms with Gasteiger partial charge in [-0.05, 0) is 12.8 Å². The van der Waals surface area contributed by atoms with Crippen molar-refractivity contribution in [3.63, 3.8) is 0 Å². The summed E-state index contributed by atoms with van der Waals surface area (Å²) in [5.74, 6) is 0.661. The summed E-state index contributed by atoms with van der Waals surface area (Å²) in [6.45, 7) is 8.53. The first kappa shape index (κ1) is 9.47. The van der Waals surface area contributed by atoms with Crippen molar-refractivity contribution in [3.05, 3.63) is 6.92 Å². The zero-order valence-electron chi connectivity index (χ0n) is 7.05. The molecule has 0 heterocycles. The first-order chi connectivity index (χ1) is 4.57. The molecule has 0 aliphatic rings. The molecule has 1 amide bonds. The number of carbonyl (C=O) groups is 1. The number of carbonyl (C=O) groups excluding carboxylic acids is 1. The van der Waals surface area contributed by atoms with E-state index in [0.29, 0.717) is 12.3 Å². The van der Waals surface area contributed by atoms with E-state index in [1.54, 1.807) is 4.90 Å². The highest BCUT2D eigenvalue weighted by Crippen LogP contribution is 1.97. The molecule has 0 atom stereocenters. The van der Waals surface area contributed by atoms with Crippen LogP contribution in [0.15, 0.2) is 0 Å². The van der Waals surface area contributed by atoms with Crippen LogP contribution in [0.2, 0.25) is 0 Å². The minimum Gasteiger partial charge on any atom is -0.346 e. The molecule has 0 rings (SSSR count). The van der Waals surface area contributed by atoms with Gasteiger partial charge in [-0.15, -0.1) is 0 Å². The second-order valence-electron chi connectivity index (χ2n) is 2.92.